The van der Waals surface area contributed by atoms with Crippen molar-refractivity contribution in [3.05, 3.63) is 48.1 Å². The average Bonchev–Trinajstić information content (AvgIpc) is 2.54. The van der Waals surface area contributed by atoms with E-state index in [9.17, 15) is 4.79 Å². The molecule has 1 aromatic carbocycles. The van der Waals surface area contributed by atoms with Gasteiger partial charge in [0.05, 0.1) is 6.61 Å². The second-order valence-corrected chi connectivity index (χ2v) is 5.22. The van der Waals surface area contributed by atoms with Gasteiger partial charge in [-0.3, -0.25) is 4.79 Å². The molecular formula is C18H22O4. The van der Waals surface area contributed by atoms with Gasteiger partial charge in [0, 0.05) is 6.42 Å². The highest BCUT2D eigenvalue weighted by atomic mass is 16.5. The van der Waals surface area contributed by atoms with Crippen LogP contribution in [-0.2, 0) is 4.79 Å². The third-order valence-electron chi connectivity index (χ3n) is 3.35. The number of carbonyl (C=O) groups is 1. The molecule has 0 unspecified atom stereocenters. The molecule has 0 spiro atoms. The fourth-order valence-corrected chi connectivity index (χ4v) is 2.14. The first-order valence-corrected chi connectivity index (χ1v) is 7.67. The van der Waals surface area contributed by atoms with Crippen LogP contribution in [0.2, 0.25) is 0 Å². The molecular weight excluding hydrogens is 280 g/mol. The lowest BCUT2D eigenvalue weighted by Crippen LogP contribution is -2.02. The lowest BCUT2D eigenvalue weighted by atomic mass is 10.1. The van der Waals surface area contributed by atoms with Crippen LogP contribution >= 0.6 is 0 Å². The number of aliphatic carboxylic acids is 1. The van der Waals surface area contributed by atoms with Gasteiger partial charge in [0.1, 0.15) is 18.1 Å². The number of carboxylic acid groups (broad SMARTS) is 1. The summed E-state index contributed by atoms with van der Waals surface area (Å²) in [5, 5.41) is 8.54. The molecule has 4 nitrogen and oxygen atoms in total. The van der Waals surface area contributed by atoms with Crippen LogP contribution in [0.15, 0.2) is 48.1 Å². The summed E-state index contributed by atoms with van der Waals surface area (Å²) in [6.07, 6.45) is 10.3. The highest BCUT2D eigenvalue weighted by molar-refractivity contribution is 5.66. The van der Waals surface area contributed by atoms with Crippen LogP contribution in [-0.4, -0.2) is 24.3 Å². The first-order chi connectivity index (χ1) is 10.7. The molecule has 118 valence electrons. The summed E-state index contributed by atoms with van der Waals surface area (Å²) < 4.78 is 11.3. The van der Waals surface area contributed by atoms with E-state index in [1.807, 2.05) is 24.3 Å². The number of hydrogen-bond donors (Lipinski definition) is 1. The van der Waals surface area contributed by atoms with Gasteiger partial charge in [0.15, 0.2) is 0 Å². The summed E-state index contributed by atoms with van der Waals surface area (Å²) in [4.78, 5) is 10.4. The second-order valence-electron chi connectivity index (χ2n) is 5.22. The minimum Gasteiger partial charge on any atom is -0.494 e. The maximum atomic E-state index is 10.4. The zero-order chi connectivity index (χ0) is 15.6. The molecule has 0 heterocycles. The highest BCUT2D eigenvalue weighted by Gasteiger charge is 2.01. The predicted octanol–water partition coefficient (Wildman–Crippen LogP) is 3.98. The maximum absolute atomic E-state index is 10.4. The van der Waals surface area contributed by atoms with Gasteiger partial charge >= 0.3 is 5.97 Å². The Kier molecular flexibility index (Phi) is 6.55. The molecule has 0 atom stereocenters. The Bertz CT molecular complexity index is 529. The van der Waals surface area contributed by atoms with Crippen LogP contribution in [0.25, 0.3) is 0 Å². The molecule has 0 saturated carbocycles. The van der Waals surface area contributed by atoms with Gasteiger partial charge < -0.3 is 14.6 Å². The van der Waals surface area contributed by atoms with E-state index in [-0.39, 0.29) is 6.42 Å². The number of unbranched alkanes of at least 4 members (excludes halogenated alkanes) is 1. The fraction of sp³-hybridized carbons (Fsp3) is 0.389. The van der Waals surface area contributed by atoms with Crippen molar-refractivity contribution >= 4 is 5.97 Å². The number of benzene rings is 1. The molecule has 1 aromatic rings. The van der Waals surface area contributed by atoms with E-state index in [2.05, 4.69) is 18.2 Å². The van der Waals surface area contributed by atoms with Crippen molar-refractivity contribution < 1.29 is 19.4 Å². The van der Waals surface area contributed by atoms with Crippen LogP contribution in [0, 0.1) is 0 Å². The van der Waals surface area contributed by atoms with Gasteiger partial charge in [-0.25, -0.2) is 0 Å². The third-order valence-corrected chi connectivity index (χ3v) is 3.35. The first kappa shape index (κ1) is 16.1. The minimum absolute atomic E-state index is 0.195. The number of carboxylic acids is 1. The van der Waals surface area contributed by atoms with Crippen molar-refractivity contribution in [2.24, 2.45) is 0 Å². The molecule has 0 amide bonds. The molecule has 0 bridgehead atoms. The first-order valence-electron chi connectivity index (χ1n) is 7.67. The van der Waals surface area contributed by atoms with Crippen LogP contribution in [0.3, 0.4) is 0 Å². The zero-order valence-electron chi connectivity index (χ0n) is 12.7. The van der Waals surface area contributed by atoms with Crippen molar-refractivity contribution in [1.29, 1.82) is 0 Å². The molecule has 1 aliphatic rings. The lowest BCUT2D eigenvalue weighted by Gasteiger charge is -2.10. The molecule has 0 saturated heterocycles. The number of hydrogen-bond acceptors (Lipinski definition) is 3. The van der Waals surface area contributed by atoms with Gasteiger partial charge in [-0.05, 0) is 55.5 Å². The number of rotatable bonds is 9. The van der Waals surface area contributed by atoms with E-state index in [0.29, 0.717) is 19.6 Å². The monoisotopic (exact) mass is 302 g/mol. The van der Waals surface area contributed by atoms with Gasteiger partial charge in [-0.1, -0.05) is 18.2 Å². The Labute approximate surface area is 131 Å². The van der Waals surface area contributed by atoms with Crippen molar-refractivity contribution in [3.8, 4) is 11.5 Å². The predicted molar refractivity (Wildman–Crippen MR) is 85.4 cm³/mol. The standard InChI is InChI=1S/C18H22O4/c19-18(20)8-4-5-13-21-16-9-11-17(12-10-16)22-14-15-6-2-1-3-7-15/h2,6-7,9-12H,1,3-5,8,13-14H2,(H,19,20). The van der Waals surface area contributed by atoms with Gasteiger partial charge in [-0.2, -0.15) is 0 Å². The second kappa shape index (κ2) is 8.93. The maximum Gasteiger partial charge on any atom is 0.303 e. The lowest BCUT2D eigenvalue weighted by molar-refractivity contribution is -0.137. The Hall–Kier alpha value is -2.23. The Morgan fingerprint density at radius 2 is 1.77 bits per heavy atom. The summed E-state index contributed by atoms with van der Waals surface area (Å²) in [7, 11) is 0. The smallest absolute Gasteiger partial charge is 0.303 e. The van der Waals surface area contributed by atoms with E-state index >= 15 is 0 Å². The summed E-state index contributed by atoms with van der Waals surface area (Å²) >= 11 is 0. The largest absolute Gasteiger partial charge is 0.494 e. The SMILES string of the molecule is O=C(O)CCCCOc1ccc(OCC2=CCCC=C2)cc1. The van der Waals surface area contributed by atoms with E-state index in [4.69, 9.17) is 14.6 Å². The fourth-order valence-electron chi connectivity index (χ4n) is 2.14. The topological polar surface area (TPSA) is 55.8 Å². The zero-order valence-corrected chi connectivity index (χ0v) is 12.7. The van der Waals surface area contributed by atoms with Crippen LogP contribution in [0.5, 0.6) is 11.5 Å². The van der Waals surface area contributed by atoms with Crippen molar-refractivity contribution in [2.75, 3.05) is 13.2 Å². The van der Waals surface area contributed by atoms with Crippen LogP contribution in [0.4, 0.5) is 0 Å². The molecule has 1 aliphatic carbocycles. The van der Waals surface area contributed by atoms with E-state index < -0.39 is 5.97 Å². The summed E-state index contributed by atoms with van der Waals surface area (Å²) in [5.74, 6) is 0.835. The minimum atomic E-state index is -0.760. The number of allylic oxidation sites excluding steroid dienone is 2. The van der Waals surface area contributed by atoms with Crippen molar-refractivity contribution in [3.63, 3.8) is 0 Å². The van der Waals surface area contributed by atoms with Gasteiger partial charge in [0.25, 0.3) is 0 Å². The van der Waals surface area contributed by atoms with E-state index in [0.717, 1.165) is 30.8 Å². The Morgan fingerprint density at radius 1 is 1.05 bits per heavy atom. The van der Waals surface area contributed by atoms with Gasteiger partial charge in [0.2, 0.25) is 0 Å². The molecule has 0 fully saturated rings. The van der Waals surface area contributed by atoms with E-state index in [1.54, 1.807) is 0 Å². The van der Waals surface area contributed by atoms with Crippen molar-refractivity contribution in [2.45, 2.75) is 32.1 Å². The van der Waals surface area contributed by atoms with Crippen LogP contribution < -0.4 is 9.47 Å². The summed E-state index contributed by atoms with van der Waals surface area (Å²) in [6, 6.07) is 7.52. The van der Waals surface area contributed by atoms with Gasteiger partial charge in [-0.15, -0.1) is 0 Å². The normalized spacial score (nSPS) is 13.5. The Balaban J connectivity index is 1.67. The molecule has 0 radical (unpaired) electrons. The van der Waals surface area contributed by atoms with E-state index in [1.165, 1.54) is 5.57 Å². The quantitative estimate of drug-likeness (QED) is 0.701. The number of ether oxygens (including phenoxy) is 2. The highest BCUT2D eigenvalue weighted by Crippen LogP contribution is 2.19. The molecule has 0 aromatic heterocycles. The van der Waals surface area contributed by atoms with Crippen molar-refractivity contribution in [1.82, 2.24) is 0 Å². The molecule has 22 heavy (non-hydrogen) atoms. The molecule has 0 aliphatic heterocycles. The molecule has 1 N–H and O–H groups in total. The molecule has 4 heteroatoms. The third kappa shape index (κ3) is 6.04. The molecule has 2 rings (SSSR count). The Morgan fingerprint density at radius 3 is 2.41 bits per heavy atom. The summed E-state index contributed by atoms with van der Waals surface area (Å²) in [5.41, 5.74) is 1.21. The van der Waals surface area contributed by atoms with Crippen LogP contribution in [0.1, 0.15) is 32.1 Å². The summed E-state index contributed by atoms with van der Waals surface area (Å²) in [6.45, 7) is 1.12. The average molecular weight is 302 g/mol.